The molecule has 0 aliphatic rings. The van der Waals surface area contributed by atoms with Crippen molar-refractivity contribution in [2.24, 2.45) is 0 Å². The topological polar surface area (TPSA) is 50.4 Å². The summed E-state index contributed by atoms with van der Waals surface area (Å²) in [5, 5.41) is 3.74. The number of hydrogen-bond donors (Lipinski definition) is 3. The first kappa shape index (κ1) is 17.4. The molecule has 0 saturated heterocycles. The predicted octanol–water partition coefficient (Wildman–Crippen LogP) is 2.31. The molecule has 0 rings (SSSR count). The third-order valence-electron chi connectivity index (χ3n) is 1.73. The van der Waals surface area contributed by atoms with E-state index in [1.807, 2.05) is 0 Å². The fraction of sp³-hybridized carbons (Fsp3) is 0.900. The van der Waals surface area contributed by atoms with Gasteiger partial charge in [0.1, 0.15) is 5.60 Å². The van der Waals surface area contributed by atoms with Crippen LogP contribution in [0.3, 0.4) is 0 Å². The van der Waals surface area contributed by atoms with Gasteiger partial charge in [0, 0.05) is 0 Å². The summed E-state index contributed by atoms with van der Waals surface area (Å²) >= 11 is 3.94. The first-order valence-electron chi connectivity index (χ1n) is 5.38. The summed E-state index contributed by atoms with van der Waals surface area (Å²) in [5.41, 5.74) is -0.657. The average Bonchev–Trinajstić information content (AvgIpc) is 2.09. The number of amides is 1. The van der Waals surface area contributed by atoms with Crippen LogP contribution in [0.1, 0.15) is 27.7 Å². The van der Waals surface area contributed by atoms with Crippen LogP contribution in [-0.4, -0.2) is 35.8 Å². The van der Waals surface area contributed by atoms with Crippen LogP contribution in [-0.2, 0) is 4.74 Å². The number of rotatable bonds is 4. The van der Waals surface area contributed by atoms with Gasteiger partial charge >= 0.3 is 12.3 Å². The standard InChI is InChI=1S/C10H19F3N2O2S/c1-6(7(18)14-5-10(11,12)13)15-8(16)17-9(2,3)4/h6-7,14,18H,5H2,1-4H3,(H,15,16)/t6-,7-/m1/s1. The highest BCUT2D eigenvalue weighted by Crippen LogP contribution is 2.14. The minimum atomic E-state index is -4.31. The van der Waals surface area contributed by atoms with Gasteiger partial charge in [0.25, 0.3) is 0 Å². The van der Waals surface area contributed by atoms with Gasteiger partial charge < -0.3 is 10.1 Å². The molecule has 2 atom stereocenters. The van der Waals surface area contributed by atoms with Crippen molar-refractivity contribution in [1.82, 2.24) is 10.6 Å². The van der Waals surface area contributed by atoms with Crippen LogP contribution in [0.25, 0.3) is 0 Å². The van der Waals surface area contributed by atoms with E-state index < -0.39 is 35.8 Å². The quantitative estimate of drug-likeness (QED) is 0.549. The van der Waals surface area contributed by atoms with Crippen LogP contribution in [0.5, 0.6) is 0 Å². The number of thiol groups is 1. The number of ether oxygens (including phenoxy) is 1. The van der Waals surface area contributed by atoms with Gasteiger partial charge in [0.2, 0.25) is 0 Å². The van der Waals surface area contributed by atoms with E-state index in [0.717, 1.165) is 0 Å². The number of alkyl carbamates (subject to hydrolysis) is 1. The monoisotopic (exact) mass is 288 g/mol. The van der Waals surface area contributed by atoms with Crippen molar-refractivity contribution in [3.8, 4) is 0 Å². The van der Waals surface area contributed by atoms with E-state index in [1.54, 1.807) is 20.8 Å². The molecule has 8 heteroatoms. The summed E-state index contributed by atoms with van der Waals surface area (Å²) in [7, 11) is 0. The highest BCUT2D eigenvalue weighted by Gasteiger charge is 2.29. The fourth-order valence-electron chi connectivity index (χ4n) is 0.969. The molecule has 0 aliphatic heterocycles. The van der Waals surface area contributed by atoms with E-state index in [2.05, 4.69) is 23.3 Å². The molecule has 0 spiro atoms. The van der Waals surface area contributed by atoms with Crippen molar-refractivity contribution in [1.29, 1.82) is 0 Å². The highest BCUT2D eigenvalue weighted by molar-refractivity contribution is 7.81. The van der Waals surface area contributed by atoms with Crippen molar-refractivity contribution in [3.63, 3.8) is 0 Å². The fourth-order valence-corrected chi connectivity index (χ4v) is 1.14. The molecule has 0 aliphatic carbocycles. The van der Waals surface area contributed by atoms with Crippen molar-refractivity contribution < 1.29 is 22.7 Å². The Labute approximate surface area is 110 Å². The highest BCUT2D eigenvalue weighted by atomic mass is 32.1. The average molecular weight is 288 g/mol. The van der Waals surface area contributed by atoms with E-state index in [0.29, 0.717) is 0 Å². The molecule has 0 heterocycles. The minimum absolute atomic E-state index is 0.606. The summed E-state index contributed by atoms with van der Waals surface area (Å²) in [6.07, 6.45) is -5.00. The molecule has 0 radical (unpaired) electrons. The Hall–Kier alpha value is -0.630. The maximum absolute atomic E-state index is 12.0. The number of halogens is 3. The molecule has 108 valence electrons. The van der Waals surface area contributed by atoms with Gasteiger partial charge in [-0.1, -0.05) is 0 Å². The second-order valence-electron chi connectivity index (χ2n) is 4.88. The van der Waals surface area contributed by atoms with Crippen LogP contribution in [0.15, 0.2) is 0 Å². The Bertz CT molecular complexity index is 279. The molecule has 0 saturated carbocycles. The Morgan fingerprint density at radius 2 is 1.83 bits per heavy atom. The molecule has 2 N–H and O–H groups in total. The van der Waals surface area contributed by atoms with Gasteiger partial charge in [0.15, 0.2) is 0 Å². The lowest BCUT2D eigenvalue weighted by molar-refractivity contribution is -0.125. The number of carbonyl (C=O) groups is 1. The zero-order chi connectivity index (χ0) is 14.6. The van der Waals surface area contributed by atoms with Crippen molar-refractivity contribution in [2.45, 2.75) is 50.9 Å². The second kappa shape index (κ2) is 6.51. The van der Waals surface area contributed by atoms with Crippen LogP contribution >= 0.6 is 12.6 Å². The third kappa shape index (κ3) is 9.41. The van der Waals surface area contributed by atoms with Gasteiger partial charge in [-0.05, 0) is 27.7 Å². The van der Waals surface area contributed by atoms with Gasteiger partial charge in [-0.2, -0.15) is 25.8 Å². The lowest BCUT2D eigenvalue weighted by Crippen LogP contribution is -2.48. The Morgan fingerprint density at radius 1 is 1.33 bits per heavy atom. The summed E-state index contributed by atoms with van der Waals surface area (Å²) in [4.78, 5) is 11.4. The van der Waals surface area contributed by atoms with Crippen LogP contribution < -0.4 is 10.6 Å². The number of alkyl halides is 3. The summed E-state index contributed by atoms with van der Waals surface area (Å²) in [6, 6.07) is -0.606. The number of carbonyl (C=O) groups excluding carboxylic acids is 1. The smallest absolute Gasteiger partial charge is 0.407 e. The lowest BCUT2D eigenvalue weighted by Gasteiger charge is -2.25. The molecule has 1 amide bonds. The van der Waals surface area contributed by atoms with Gasteiger partial charge in [-0.25, -0.2) is 4.79 Å². The van der Waals surface area contributed by atoms with E-state index in [9.17, 15) is 18.0 Å². The van der Waals surface area contributed by atoms with E-state index in [-0.39, 0.29) is 0 Å². The molecule has 4 nitrogen and oxygen atoms in total. The summed E-state index contributed by atoms with van der Waals surface area (Å²) < 4.78 is 40.8. The summed E-state index contributed by atoms with van der Waals surface area (Å²) in [6.45, 7) is 5.44. The second-order valence-corrected chi connectivity index (χ2v) is 5.43. The Morgan fingerprint density at radius 3 is 2.22 bits per heavy atom. The number of nitrogens with one attached hydrogen (secondary N) is 2. The molecule has 18 heavy (non-hydrogen) atoms. The van der Waals surface area contributed by atoms with Gasteiger partial charge in [-0.15, -0.1) is 0 Å². The molecule has 0 aromatic rings. The molecular formula is C10H19F3N2O2S. The maximum atomic E-state index is 12.0. The van der Waals surface area contributed by atoms with Crippen LogP contribution in [0.2, 0.25) is 0 Å². The maximum Gasteiger partial charge on any atom is 0.407 e. The minimum Gasteiger partial charge on any atom is -0.444 e. The van der Waals surface area contributed by atoms with Crippen molar-refractivity contribution in [3.05, 3.63) is 0 Å². The molecule has 0 fully saturated rings. The normalized spacial score (nSPS) is 16.0. The SMILES string of the molecule is C[C@@H](NC(=O)OC(C)(C)C)[C@@H](S)NCC(F)(F)F. The largest absolute Gasteiger partial charge is 0.444 e. The molecule has 0 unspecified atom stereocenters. The van der Waals surface area contributed by atoms with Crippen LogP contribution in [0, 0.1) is 0 Å². The van der Waals surface area contributed by atoms with E-state index in [1.165, 1.54) is 6.92 Å². The zero-order valence-corrected chi connectivity index (χ0v) is 11.7. The van der Waals surface area contributed by atoms with Crippen LogP contribution in [0.4, 0.5) is 18.0 Å². The van der Waals surface area contributed by atoms with Gasteiger partial charge in [-0.3, -0.25) is 5.32 Å². The van der Waals surface area contributed by atoms with Gasteiger partial charge in [0.05, 0.1) is 18.0 Å². The van der Waals surface area contributed by atoms with E-state index >= 15 is 0 Å². The molecular weight excluding hydrogens is 269 g/mol. The first-order valence-corrected chi connectivity index (χ1v) is 5.90. The summed E-state index contributed by atoms with van der Waals surface area (Å²) in [5.74, 6) is 0. The van der Waals surface area contributed by atoms with Crippen molar-refractivity contribution >= 4 is 18.7 Å². The first-order chi connectivity index (χ1) is 7.91. The Kier molecular flexibility index (Phi) is 6.28. The molecule has 0 aromatic carbocycles. The molecule has 0 bridgehead atoms. The third-order valence-corrected chi connectivity index (χ3v) is 2.36. The zero-order valence-electron chi connectivity index (χ0n) is 10.8. The Balaban J connectivity index is 4.08. The van der Waals surface area contributed by atoms with E-state index in [4.69, 9.17) is 4.74 Å². The molecule has 0 aromatic heterocycles. The lowest BCUT2D eigenvalue weighted by atomic mass is 10.2. The van der Waals surface area contributed by atoms with Crippen molar-refractivity contribution in [2.75, 3.05) is 6.54 Å². The number of hydrogen-bond acceptors (Lipinski definition) is 4. The predicted molar refractivity (Wildman–Crippen MR) is 65.7 cm³/mol.